The van der Waals surface area contributed by atoms with Crippen molar-refractivity contribution in [3.63, 3.8) is 0 Å². The number of rotatable bonds is 5. The Morgan fingerprint density at radius 2 is 2.08 bits per heavy atom. The minimum absolute atomic E-state index is 0.149. The molecule has 0 aromatic carbocycles. The quantitative estimate of drug-likeness (QED) is 0.805. The van der Waals surface area contributed by atoms with Crippen LogP contribution in [-0.2, 0) is 11.3 Å². The smallest absolute Gasteiger partial charge is 0.246 e. The molecule has 5 heteroatoms. The van der Waals surface area contributed by atoms with Gasteiger partial charge in [0.2, 0.25) is 5.91 Å². The molecule has 26 heavy (non-hydrogen) atoms. The van der Waals surface area contributed by atoms with Crippen molar-refractivity contribution in [2.45, 2.75) is 39.3 Å². The normalized spacial score (nSPS) is 18.8. The summed E-state index contributed by atoms with van der Waals surface area (Å²) < 4.78 is 2.43. The summed E-state index contributed by atoms with van der Waals surface area (Å²) in [6.07, 6.45) is 6.35. The predicted octanol–water partition coefficient (Wildman–Crippen LogP) is 2.44. The summed E-state index contributed by atoms with van der Waals surface area (Å²) in [6, 6.07) is 5.10. The lowest BCUT2D eigenvalue weighted by atomic mass is 10.2. The highest BCUT2D eigenvalue weighted by atomic mass is 32.1. The fourth-order valence-corrected chi connectivity index (χ4v) is 4.70. The lowest BCUT2D eigenvalue weighted by Crippen LogP contribution is -3.13. The van der Waals surface area contributed by atoms with Gasteiger partial charge in [-0.1, -0.05) is 0 Å². The molecule has 1 amide bonds. The molecule has 4 rings (SSSR count). The predicted molar refractivity (Wildman–Crippen MR) is 107 cm³/mol. The second-order valence-electron chi connectivity index (χ2n) is 7.64. The molecule has 1 saturated heterocycles. The van der Waals surface area contributed by atoms with Crippen LogP contribution in [0.1, 0.15) is 41.4 Å². The van der Waals surface area contributed by atoms with Crippen LogP contribution in [-0.4, -0.2) is 41.6 Å². The number of piperazine rings is 1. The van der Waals surface area contributed by atoms with Gasteiger partial charge < -0.3 is 14.4 Å². The van der Waals surface area contributed by atoms with E-state index >= 15 is 0 Å². The van der Waals surface area contributed by atoms with E-state index in [1.54, 1.807) is 22.3 Å². The van der Waals surface area contributed by atoms with Crippen molar-refractivity contribution >= 4 is 23.3 Å². The van der Waals surface area contributed by atoms with Crippen LogP contribution in [0.5, 0.6) is 0 Å². The Balaban J connectivity index is 1.33. The molecular weight excluding hydrogens is 342 g/mol. The number of thiophene rings is 1. The number of aromatic nitrogens is 1. The molecule has 0 spiro atoms. The highest BCUT2D eigenvalue weighted by molar-refractivity contribution is 7.07. The molecule has 0 radical (unpaired) electrons. The summed E-state index contributed by atoms with van der Waals surface area (Å²) in [5.41, 5.74) is 5.20. The van der Waals surface area contributed by atoms with E-state index in [-0.39, 0.29) is 5.91 Å². The zero-order valence-electron chi connectivity index (χ0n) is 15.7. The monoisotopic (exact) mass is 370 g/mol. The fourth-order valence-electron chi connectivity index (χ4n) is 4.03. The average molecular weight is 371 g/mol. The summed E-state index contributed by atoms with van der Waals surface area (Å²) in [6.45, 7) is 9.18. The standard InChI is InChI=1S/C21H27N3OS/c1-16-13-19(17(2)24(16)20-4-5-20)3-6-21(25)23-10-8-22(9-11-23)14-18-7-12-26-15-18/h3,6-7,12-13,15,20H,4-5,8-11,14H2,1-2H3/p+1/b6-3+. The third kappa shape index (κ3) is 3.79. The summed E-state index contributed by atoms with van der Waals surface area (Å²) in [4.78, 5) is 16.1. The third-order valence-corrected chi connectivity index (χ3v) is 6.39. The molecular formula is C21H28N3OS+. The molecule has 4 nitrogen and oxygen atoms in total. The van der Waals surface area contributed by atoms with E-state index in [9.17, 15) is 4.79 Å². The first-order chi connectivity index (χ1) is 12.6. The first kappa shape index (κ1) is 17.6. The Hall–Kier alpha value is -1.85. The van der Waals surface area contributed by atoms with Gasteiger partial charge in [0.1, 0.15) is 6.54 Å². The van der Waals surface area contributed by atoms with Crippen LogP contribution in [0, 0.1) is 13.8 Å². The fraction of sp³-hybridized carbons (Fsp3) is 0.476. The van der Waals surface area contributed by atoms with Gasteiger partial charge in [0, 0.05) is 29.1 Å². The molecule has 0 unspecified atom stereocenters. The largest absolute Gasteiger partial charge is 0.346 e. The van der Waals surface area contributed by atoms with Gasteiger partial charge in [0.15, 0.2) is 0 Å². The molecule has 0 atom stereocenters. The zero-order valence-corrected chi connectivity index (χ0v) is 16.5. The van der Waals surface area contributed by atoms with E-state index in [0.717, 1.165) is 32.7 Å². The van der Waals surface area contributed by atoms with Gasteiger partial charge in [-0.25, -0.2) is 0 Å². The Labute approximate surface area is 159 Å². The van der Waals surface area contributed by atoms with Crippen molar-refractivity contribution in [2.24, 2.45) is 0 Å². The Kier molecular flexibility index (Phi) is 5.00. The molecule has 1 aliphatic carbocycles. The topological polar surface area (TPSA) is 29.7 Å². The van der Waals surface area contributed by atoms with Crippen molar-refractivity contribution in [3.05, 3.63) is 51.5 Å². The molecule has 1 saturated carbocycles. The molecule has 2 aromatic rings. The molecule has 0 bridgehead atoms. The number of nitrogens with one attached hydrogen (secondary N) is 1. The van der Waals surface area contributed by atoms with E-state index < -0.39 is 0 Å². The van der Waals surface area contributed by atoms with Crippen molar-refractivity contribution in [1.29, 1.82) is 0 Å². The molecule has 1 aliphatic heterocycles. The van der Waals surface area contributed by atoms with Crippen LogP contribution < -0.4 is 4.90 Å². The van der Waals surface area contributed by atoms with E-state index in [1.807, 2.05) is 11.0 Å². The first-order valence-electron chi connectivity index (χ1n) is 9.62. The minimum Gasteiger partial charge on any atom is -0.346 e. The molecule has 3 heterocycles. The molecule has 2 aromatic heterocycles. The van der Waals surface area contributed by atoms with E-state index in [2.05, 4.69) is 41.3 Å². The van der Waals surface area contributed by atoms with Gasteiger partial charge in [-0.2, -0.15) is 11.3 Å². The van der Waals surface area contributed by atoms with Gasteiger partial charge in [-0.15, -0.1) is 0 Å². The molecule has 1 N–H and O–H groups in total. The Morgan fingerprint density at radius 1 is 1.31 bits per heavy atom. The van der Waals surface area contributed by atoms with Crippen LogP contribution in [0.4, 0.5) is 0 Å². The maximum atomic E-state index is 12.6. The number of hydrogen-bond acceptors (Lipinski definition) is 2. The maximum Gasteiger partial charge on any atom is 0.246 e. The zero-order chi connectivity index (χ0) is 18.1. The second-order valence-corrected chi connectivity index (χ2v) is 8.42. The van der Waals surface area contributed by atoms with Gasteiger partial charge >= 0.3 is 0 Å². The first-order valence-corrected chi connectivity index (χ1v) is 10.6. The number of hydrogen-bond donors (Lipinski definition) is 1. The van der Waals surface area contributed by atoms with Gasteiger partial charge in [-0.3, -0.25) is 4.79 Å². The molecule has 2 aliphatic rings. The van der Waals surface area contributed by atoms with Crippen LogP contribution in [0.2, 0.25) is 0 Å². The van der Waals surface area contributed by atoms with Crippen molar-refractivity contribution in [3.8, 4) is 0 Å². The van der Waals surface area contributed by atoms with Gasteiger partial charge in [0.05, 0.1) is 26.2 Å². The number of quaternary nitrogens is 1. The van der Waals surface area contributed by atoms with E-state index in [4.69, 9.17) is 0 Å². The molecule has 138 valence electrons. The van der Waals surface area contributed by atoms with Gasteiger partial charge in [-0.05, 0) is 61.2 Å². The number of amides is 1. The van der Waals surface area contributed by atoms with E-state index in [1.165, 1.54) is 35.4 Å². The third-order valence-electron chi connectivity index (χ3n) is 5.66. The highest BCUT2D eigenvalue weighted by Crippen LogP contribution is 2.38. The SMILES string of the molecule is Cc1cc(/C=C/C(=O)N2CC[NH+](Cc3ccsc3)CC2)c(C)n1C1CC1. The van der Waals surface area contributed by atoms with Crippen LogP contribution >= 0.6 is 11.3 Å². The average Bonchev–Trinajstić information content (AvgIpc) is 3.25. The summed E-state index contributed by atoms with van der Waals surface area (Å²) in [5, 5.41) is 4.37. The van der Waals surface area contributed by atoms with Crippen LogP contribution in [0.3, 0.4) is 0 Å². The summed E-state index contributed by atoms with van der Waals surface area (Å²) >= 11 is 1.76. The Morgan fingerprint density at radius 3 is 2.73 bits per heavy atom. The summed E-state index contributed by atoms with van der Waals surface area (Å²) in [5.74, 6) is 0.149. The van der Waals surface area contributed by atoms with Gasteiger partial charge in [0.25, 0.3) is 0 Å². The molecule has 2 fully saturated rings. The van der Waals surface area contributed by atoms with E-state index in [0.29, 0.717) is 6.04 Å². The summed E-state index contributed by atoms with van der Waals surface area (Å²) in [7, 11) is 0. The minimum atomic E-state index is 0.149. The number of aryl methyl sites for hydroxylation is 1. The van der Waals surface area contributed by atoms with Crippen molar-refractivity contribution in [2.75, 3.05) is 26.2 Å². The number of carbonyl (C=O) groups excluding carboxylic acids is 1. The van der Waals surface area contributed by atoms with Crippen LogP contribution in [0.25, 0.3) is 6.08 Å². The second kappa shape index (κ2) is 7.41. The Bertz CT molecular complexity index is 794. The van der Waals surface area contributed by atoms with Crippen LogP contribution in [0.15, 0.2) is 29.0 Å². The highest BCUT2D eigenvalue weighted by Gasteiger charge is 2.27. The van der Waals surface area contributed by atoms with Crippen molar-refractivity contribution in [1.82, 2.24) is 9.47 Å². The number of carbonyl (C=O) groups is 1. The number of nitrogens with zero attached hydrogens (tertiary/aromatic N) is 2. The van der Waals surface area contributed by atoms with Crippen molar-refractivity contribution < 1.29 is 9.69 Å². The lowest BCUT2D eigenvalue weighted by molar-refractivity contribution is -0.917. The lowest BCUT2D eigenvalue weighted by Gasteiger charge is -2.31. The maximum absolute atomic E-state index is 12.6.